The Labute approximate surface area is 127 Å². The van der Waals surface area contributed by atoms with E-state index in [1.54, 1.807) is 0 Å². The van der Waals surface area contributed by atoms with Gasteiger partial charge in [0.05, 0.1) is 5.52 Å². The lowest BCUT2D eigenvalue weighted by Gasteiger charge is -2.29. The molecule has 1 aromatic carbocycles. The molecule has 0 unspecified atom stereocenters. The molecule has 0 bridgehead atoms. The molecule has 21 heavy (non-hydrogen) atoms. The second kappa shape index (κ2) is 6.74. The molecule has 4 nitrogen and oxygen atoms in total. The number of fused-ring (bicyclic) bond motifs is 1. The summed E-state index contributed by atoms with van der Waals surface area (Å²) in [6.07, 6.45) is 3.17. The molecule has 1 aromatic heterocycles. The molecule has 0 spiro atoms. The van der Waals surface area contributed by atoms with Crippen molar-refractivity contribution in [1.82, 2.24) is 9.97 Å². The second-order valence-electron chi connectivity index (χ2n) is 5.73. The molecule has 0 saturated heterocycles. The molecule has 4 heteroatoms. The lowest BCUT2D eigenvalue weighted by atomic mass is 9.95. The Hall–Kier alpha value is -1.84. The molecule has 0 aliphatic rings. The lowest BCUT2D eigenvalue weighted by molar-refractivity contribution is 0.477. The van der Waals surface area contributed by atoms with Gasteiger partial charge in [0.25, 0.3) is 0 Å². The van der Waals surface area contributed by atoms with E-state index in [-0.39, 0.29) is 5.54 Å². The zero-order chi connectivity index (χ0) is 15.3. The van der Waals surface area contributed by atoms with E-state index in [2.05, 4.69) is 54.4 Å². The van der Waals surface area contributed by atoms with Gasteiger partial charge in [-0.05, 0) is 38.3 Å². The Morgan fingerprint density at radius 1 is 1.05 bits per heavy atom. The third-order valence-corrected chi connectivity index (χ3v) is 4.12. The maximum atomic E-state index is 4.69. The first-order valence-electron chi connectivity index (χ1n) is 7.90. The highest BCUT2D eigenvalue weighted by Crippen LogP contribution is 2.27. The zero-order valence-electron chi connectivity index (χ0n) is 13.5. The van der Waals surface area contributed by atoms with Crippen molar-refractivity contribution in [3.63, 3.8) is 0 Å². The predicted molar refractivity (Wildman–Crippen MR) is 90.9 cm³/mol. The lowest BCUT2D eigenvalue weighted by Crippen LogP contribution is -2.33. The molecule has 1 heterocycles. The van der Waals surface area contributed by atoms with Crippen LogP contribution in [0.1, 0.15) is 47.0 Å². The highest BCUT2D eigenvalue weighted by atomic mass is 15.2. The smallest absolute Gasteiger partial charge is 0.225 e. The number of hydrogen-bond acceptors (Lipinski definition) is 4. The fourth-order valence-electron chi connectivity index (χ4n) is 2.20. The van der Waals surface area contributed by atoms with E-state index >= 15 is 0 Å². The van der Waals surface area contributed by atoms with Gasteiger partial charge >= 0.3 is 0 Å². The summed E-state index contributed by atoms with van der Waals surface area (Å²) < 4.78 is 0. The van der Waals surface area contributed by atoms with Crippen LogP contribution in [-0.4, -0.2) is 22.1 Å². The van der Waals surface area contributed by atoms with Crippen molar-refractivity contribution < 1.29 is 0 Å². The molecule has 2 N–H and O–H groups in total. The van der Waals surface area contributed by atoms with Gasteiger partial charge < -0.3 is 10.6 Å². The quantitative estimate of drug-likeness (QED) is 0.790. The van der Waals surface area contributed by atoms with Crippen LogP contribution in [0.15, 0.2) is 24.3 Å². The van der Waals surface area contributed by atoms with Crippen LogP contribution < -0.4 is 10.6 Å². The van der Waals surface area contributed by atoms with Gasteiger partial charge in [0.2, 0.25) is 5.95 Å². The van der Waals surface area contributed by atoms with E-state index in [9.17, 15) is 0 Å². The number of para-hydroxylation sites is 1. The fraction of sp³-hybridized carbons (Fsp3) is 0.529. The molecular weight excluding hydrogens is 260 g/mol. The van der Waals surface area contributed by atoms with Gasteiger partial charge in [-0.1, -0.05) is 32.9 Å². The van der Waals surface area contributed by atoms with Crippen LogP contribution in [-0.2, 0) is 0 Å². The van der Waals surface area contributed by atoms with Gasteiger partial charge in [0, 0.05) is 17.5 Å². The number of hydrogen-bond donors (Lipinski definition) is 2. The first-order chi connectivity index (χ1) is 10.1. The SMILES string of the molecule is CCCNc1nc(NC(C)(CC)CC)c2ccccc2n1. The van der Waals surface area contributed by atoms with Gasteiger partial charge in [-0.2, -0.15) is 4.98 Å². The topological polar surface area (TPSA) is 49.8 Å². The van der Waals surface area contributed by atoms with Crippen molar-refractivity contribution in [2.75, 3.05) is 17.2 Å². The van der Waals surface area contributed by atoms with Crippen LogP contribution in [0.25, 0.3) is 10.9 Å². The van der Waals surface area contributed by atoms with Gasteiger partial charge in [0.15, 0.2) is 0 Å². The summed E-state index contributed by atoms with van der Waals surface area (Å²) in [5.41, 5.74) is 1.03. The molecule has 0 amide bonds. The number of aromatic nitrogens is 2. The van der Waals surface area contributed by atoms with Crippen LogP contribution in [0.2, 0.25) is 0 Å². The molecule has 0 saturated carbocycles. The minimum absolute atomic E-state index is 0.0547. The van der Waals surface area contributed by atoms with Gasteiger partial charge in [0.1, 0.15) is 5.82 Å². The maximum Gasteiger partial charge on any atom is 0.225 e. The van der Waals surface area contributed by atoms with Gasteiger partial charge in [-0.25, -0.2) is 4.98 Å². The summed E-state index contributed by atoms with van der Waals surface area (Å²) in [4.78, 5) is 9.28. The van der Waals surface area contributed by atoms with Crippen LogP contribution >= 0.6 is 0 Å². The van der Waals surface area contributed by atoms with E-state index in [0.717, 1.165) is 42.5 Å². The van der Waals surface area contributed by atoms with Crippen molar-refractivity contribution >= 4 is 22.7 Å². The molecule has 114 valence electrons. The van der Waals surface area contributed by atoms with Crippen LogP contribution in [0, 0.1) is 0 Å². The molecule has 0 radical (unpaired) electrons. The summed E-state index contributed by atoms with van der Waals surface area (Å²) in [6.45, 7) is 9.67. The zero-order valence-corrected chi connectivity index (χ0v) is 13.5. The van der Waals surface area contributed by atoms with Gasteiger partial charge in [-0.15, -0.1) is 0 Å². The average molecular weight is 286 g/mol. The number of anilines is 2. The molecule has 2 rings (SSSR count). The molecule has 0 fully saturated rings. The Kier molecular flexibility index (Phi) is 4.99. The second-order valence-corrected chi connectivity index (χ2v) is 5.73. The predicted octanol–water partition coefficient (Wildman–Crippen LogP) is 4.44. The summed E-state index contributed by atoms with van der Waals surface area (Å²) >= 11 is 0. The molecule has 0 aliphatic carbocycles. The van der Waals surface area contributed by atoms with E-state index in [1.165, 1.54) is 0 Å². The number of nitrogens with one attached hydrogen (secondary N) is 2. The Balaban J connectivity index is 2.44. The standard InChI is InChI=1S/C17H26N4/c1-5-12-18-16-19-14-11-9-8-10-13(14)15(20-16)21-17(4,6-2)7-3/h8-11H,5-7,12H2,1-4H3,(H2,18,19,20,21). The van der Waals surface area contributed by atoms with Crippen LogP contribution in [0.4, 0.5) is 11.8 Å². The minimum atomic E-state index is 0.0547. The first-order valence-corrected chi connectivity index (χ1v) is 7.90. The Bertz CT molecular complexity index is 590. The van der Waals surface area contributed by atoms with E-state index < -0.39 is 0 Å². The third-order valence-electron chi connectivity index (χ3n) is 4.12. The third kappa shape index (κ3) is 3.63. The van der Waals surface area contributed by atoms with Crippen molar-refractivity contribution in [3.05, 3.63) is 24.3 Å². The summed E-state index contributed by atoms with van der Waals surface area (Å²) in [5, 5.41) is 7.99. The van der Waals surface area contributed by atoms with E-state index in [1.807, 2.05) is 18.2 Å². The Morgan fingerprint density at radius 3 is 2.43 bits per heavy atom. The van der Waals surface area contributed by atoms with Crippen molar-refractivity contribution in [2.45, 2.75) is 52.5 Å². The summed E-state index contributed by atoms with van der Waals surface area (Å²) in [7, 11) is 0. The van der Waals surface area contributed by atoms with E-state index in [0.29, 0.717) is 5.95 Å². The summed E-state index contributed by atoms with van der Waals surface area (Å²) in [5.74, 6) is 1.62. The largest absolute Gasteiger partial charge is 0.364 e. The summed E-state index contributed by atoms with van der Waals surface area (Å²) in [6, 6.07) is 8.16. The molecule has 0 aliphatic heterocycles. The normalized spacial score (nSPS) is 11.6. The fourth-order valence-corrected chi connectivity index (χ4v) is 2.20. The maximum absolute atomic E-state index is 4.69. The first kappa shape index (κ1) is 15.5. The monoisotopic (exact) mass is 286 g/mol. The number of nitrogens with zero attached hydrogens (tertiary/aromatic N) is 2. The average Bonchev–Trinajstić information content (AvgIpc) is 2.52. The van der Waals surface area contributed by atoms with Gasteiger partial charge in [-0.3, -0.25) is 0 Å². The highest BCUT2D eigenvalue weighted by Gasteiger charge is 2.21. The number of rotatable bonds is 7. The minimum Gasteiger partial charge on any atom is -0.364 e. The molecular formula is C17H26N4. The van der Waals surface area contributed by atoms with Crippen LogP contribution in [0.5, 0.6) is 0 Å². The highest BCUT2D eigenvalue weighted by molar-refractivity contribution is 5.90. The van der Waals surface area contributed by atoms with Crippen molar-refractivity contribution in [3.8, 4) is 0 Å². The van der Waals surface area contributed by atoms with Crippen molar-refractivity contribution in [1.29, 1.82) is 0 Å². The molecule has 2 aromatic rings. The van der Waals surface area contributed by atoms with Crippen molar-refractivity contribution in [2.24, 2.45) is 0 Å². The number of benzene rings is 1. The Morgan fingerprint density at radius 2 is 1.76 bits per heavy atom. The molecule has 0 atom stereocenters. The van der Waals surface area contributed by atoms with E-state index in [4.69, 9.17) is 0 Å². The van der Waals surface area contributed by atoms with Crippen LogP contribution in [0.3, 0.4) is 0 Å².